The minimum Gasteiger partial charge on any atom is -0.377 e. The van der Waals surface area contributed by atoms with Gasteiger partial charge in [-0.1, -0.05) is 49.7 Å². The van der Waals surface area contributed by atoms with E-state index in [1.54, 1.807) is 0 Å². The molecule has 0 spiro atoms. The van der Waals surface area contributed by atoms with Crippen LogP contribution in [0.3, 0.4) is 0 Å². The zero-order valence-electron chi connectivity index (χ0n) is 13.2. The number of rotatable bonds is 6. The van der Waals surface area contributed by atoms with Gasteiger partial charge in [-0.2, -0.15) is 0 Å². The smallest absolute Gasteiger partial charge is 0.0661 e. The molecule has 2 aromatic rings. The highest BCUT2D eigenvalue weighted by Crippen LogP contribution is 2.22. The summed E-state index contributed by atoms with van der Waals surface area (Å²) < 4.78 is 0. The van der Waals surface area contributed by atoms with Crippen molar-refractivity contribution in [2.24, 2.45) is 4.99 Å². The van der Waals surface area contributed by atoms with Gasteiger partial charge in [0.1, 0.15) is 0 Å². The van der Waals surface area contributed by atoms with Gasteiger partial charge in [-0.3, -0.25) is 4.99 Å². The SMILES string of the molecule is CCCCc1ccccc1N=Cc1ccccc1N(C)C. The number of hydrogen-bond donors (Lipinski definition) is 0. The van der Waals surface area contributed by atoms with Crippen LogP contribution in [0.15, 0.2) is 53.5 Å². The van der Waals surface area contributed by atoms with E-state index in [9.17, 15) is 0 Å². The molecule has 0 aliphatic heterocycles. The Kier molecular flexibility index (Phi) is 5.56. The van der Waals surface area contributed by atoms with Crippen molar-refractivity contribution in [2.75, 3.05) is 19.0 Å². The molecule has 2 rings (SSSR count). The van der Waals surface area contributed by atoms with Crippen LogP contribution in [0.5, 0.6) is 0 Å². The molecule has 21 heavy (non-hydrogen) atoms. The summed E-state index contributed by atoms with van der Waals surface area (Å²) in [5, 5.41) is 0. The van der Waals surface area contributed by atoms with Gasteiger partial charge in [-0.15, -0.1) is 0 Å². The van der Waals surface area contributed by atoms with Crippen LogP contribution >= 0.6 is 0 Å². The second kappa shape index (κ2) is 7.63. The maximum Gasteiger partial charge on any atom is 0.0661 e. The molecule has 0 N–H and O–H groups in total. The molecule has 0 radical (unpaired) electrons. The van der Waals surface area contributed by atoms with Crippen molar-refractivity contribution in [3.8, 4) is 0 Å². The topological polar surface area (TPSA) is 15.6 Å². The monoisotopic (exact) mass is 280 g/mol. The minimum atomic E-state index is 1.08. The molecule has 0 amide bonds. The molecule has 0 heterocycles. The lowest BCUT2D eigenvalue weighted by Gasteiger charge is -2.15. The Labute approximate surface area is 128 Å². The second-order valence-electron chi connectivity index (χ2n) is 5.44. The van der Waals surface area contributed by atoms with E-state index in [2.05, 4.69) is 74.4 Å². The summed E-state index contributed by atoms with van der Waals surface area (Å²) >= 11 is 0. The Balaban J connectivity index is 2.26. The molecular weight excluding hydrogens is 256 g/mol. The van der Waals surface area contributed by atoms with Crippen LogP contribution < -0.4 is 4.90 Å². The Morgan fingerprint density at radius 3 is 2.48 bits per heavy atom. The maximum absolute atomic E-state index is 4.72. The van der Waals surface area contributed by atoms with E-state index >= 15 is 0 Å². The van der Waals surface area contributed by atoms with Gasteiger partial charge < -0.3 is 4.90 Å². The van der Waals surface area contributed by atoms with Crippen molar-refractivity contribution in [1.29, 1.82) is 0 Å². The zero-order valence-corrected chi connectivity index (χ0v) is 13.2. The van der Waals surface area contributed by atoms with Gasteiger partial charge in [0, 0.05) is 31.6 Å². The van der Waals surface area contributed by atoms with Gasteiger partial charge >= 0.3 is 0 Å². The Bertz CT molecular complexity index is 600. The molecule has 0 bridgehead atoms. The van der Waals surface area contributed by atoms with Crippen LogP contribution in [0.25, 0.3) is 0 Å². The van der Waals surface area contributed by atoms with Crippen LogP contribution in [0, 0.1) is 0 Å². The third-order valence-electron chi connectivity index (χ3n) is 3.55. The average molecular weight is 280 g/mol. The lowest BCUT2D eigenvalue weighted by molar-refractivity contribution is 0.795. The maximum atomic E-state index is 4.72. The molecule has 0 unspecified atom stereocenters. The molecule has 0 saturated carbocycles. The van der Waals surface area contributed by atoms with E-state index < -0.39 is 0 Å². The molecular formula is C19H24N2. The van der Waals surface area contributed by atoms with E-state index in [1.807, 2.05) is 6.21 Å². The van der Waals surface area contributed by atoms with E-state index in [0.717, 1.165) is 17.7 Å². The van der Waals surface area contributed by atoms with E-state index in [1.165, 1.54) is 24.1 Å². The largest absolute Gasteiger partial charge is 0.377 e. The molecule has 2 aromatic carbocycles. The Hall–Kier alpha value is -2.09. The van der Waals surface area contributed by atoms with Gasteiger partial charge in [-0.25, -0.2) is 0 Å². The molecule has 0 saturated heterocycles. The quantitative estimate of drug-likeness (QED) is 0.691. The van der Waals surface area contributed by atoms with Crippen LogP contribution in [0.4, 0.5) is 11.4 Å². The van der Waals surface area contributed by atoms with Crippen molar-refractivity contribution >= 4 is 17.6 Å². The molecule has 0 atom stereocenters. The molecule has 0 fully saturated rings. The third kappa shape index (κ3) is 4.19. The van der Waals surface area contributed by atoms with Crippen molar-refractivity contribution in [2.45, 2.75) is 26.2 Å². The molecule has 0 aliphatic carbocycles. The van der Waals surface area contributed by atoms with E-state index in [-0.39, 0.29) is 0 Å². The first kappa shape index (κ1) is 15.3. The van der Waals surface area contributed by atoms with Crippen LogP contribution in [0.2, 0.25) is 0 Å². The van der Waals surface area contributed by atoms with E-state index in [0.29, 0.717) is 0 Å². The number of unbranched alkanes of at least 4 members (excludes halogenated alkanes) is 1. The summed E-state index contributed by atoms with van der Waals surface area (Å²) in [4.78, 5) is 6.84. The summed E-state index contributed by atoms with van der Waals surface area (Å²) in [5.74, 6) is 0. The fraction of sp³-hybridized carbons (Fsp3) is 0.316. The number of nitrogens with zero attached hydrogens (tertiary/aromatic N) is 2. The van der Waals surface area contributed by atoms with Gasteiger partial charge in [-0.05, 0) is 30.5 Å². The second-order valence-corrected chi connectivity index (χ2v) is 5.44. The van der Waals surface area contributed by atoms with Gasteiger partial charge in [0.05, 0.1) is 5.69 Å². The number of aryl methyl sites for hydroxylation is 1. The number of hydrogen-bond acceptors (Lipinski definition) is 2. The van der Waals surface area contributed by atoms with Crippen LogP contribution in [0.1, 0.15) is 30.9 Å². The first-order valence-electron chi connectivity index (χ1n) is 7.60. The first-order chi connectivity index (χ1) is 10.2. The van der Waals surface area contributed by atoms with Gasteiger partial charge in [0.15, 0.2) is 0 Å². The molecule has 2 heteroatoms. The fourth-order valence-electron chi connectivity index (χ4n) is 2.36. The number of aliphatic imine (C=N–C) groups is 1. The van der Waals surface area contributed by atoms with Crippen LogP contribution in [-0.4, -0.2) is 20.3 Å². The summed E-state index contributed by atoms with van der Waals surface area (Å²) in [6, 6.07) is 16.8. The highest BCUT2D eigenvalue weighted by atomic mass is 15.1. The van der Waals surface area contributed by atoms with Crippen molar-refractivity contribution in [3.05, 3.63) is 59.7 Å². The van der Waals surface area contributed by atoms with Crippen molar-refractivity contribution in [1.82, 2.24) is 0 Å². The van der Waals surface area contributed by atoms with E-state index in [4.69, 9.17) is 4.99 Å². The summed E-state index contributed by atoms with van der Waals surface area (Å²) in [5.41, 5.74) is 4.75. The number of benzene rings is 2. The highest BCUT2D eigenvalue weighted by molar-refractivity contribution is 5.89. The molecule has 0 aromatic heterocycles. The predicted molar refractivity (Wildman–Crippen MR) is 93.1 cm³/mol. The summed E-state index contributed by atoms with van der Waals surface area (Å²) in [6.45, 7) is 2.22. The number of para-hydroxylation sites is 2. The Morgan fingerprint density at radius 1 is 1.00 bits per heavy atom. The first-order valence-corrected chi connectivity index (χ1v) is 7.60. The predicted octanol–water partition coefficient (Wildman–Crippen LogP) is 4.85. The normalized spacial score (nSPS) is 11.0. The van der Waals surface area contributed by atoms with Gasteiger partial charge in [0.25, 0.3) is 0 Å². The van der Waals surface area contributed by atoms with Crippen molar-refractivity contribution < 1.29 is 0 Å². The summed E-state index contributed by atoms with van der Waals surface area (Å²) in [6.07, 6.45) is 5.49. The lowest BCUT2D eigenvalue weighted by atomic mass is 10.1. The lowest BCUT2D eigenvalue weighted by Crippen LogP contribution is -2.10. The standard InChI is InChI=1S/C19H24N2/c1-4-5-10-16-11-6-8-13-18(16)20-15-17-12-7-9-14-19(17)21(2)3/h6-9,11-15H,4-5,10H2,1-3H3. The number of anilines is 1. The average Bonchev–Trinajstić information content (AvgIpc) is 2.52. The fourth-order valence-corrected chi connectivity index (χ4v) is 2.36. The van der Waals surface area contributed by atoms with Gasteiger partial charge in [0.2, 0.25) is 0 Å². The van der Waals surface area contributed by atoms with Crippen molar-refractivity contribution in [3.63, 3.8) is 0 Å². The van der Waals surface area contributed by atoms with Crippen LogP contribution in [-0.2, 0) is 6.42 Å². The minimum absolute atomic E-state index is 1.08. The Morgan fingerprint density at radius 2 is 1.71 bits per heavy atom. The third-order valence-corrected chi connectivity index (χ3v) is 3.55. The zero-order chi connectivity index (χ0) is 15.1. The molecule has 2 nitrogen and oxygen atoms in total. The summed E-state index contributed by atoms with van der Waals surface area (Å²) in [7, 11) is 4.11. The molecule has 110 valence electrons. The highest BCUT2D eigenvalue weighted by Gasteiger charge is 2.02. The molecule has 0 aliphatic rings.